The summed E-state index contributed by atoms with van der Waals surface area (Å²) >= 11 is 6.06. The molecule has 1 aliphatic heterocycles. The molecule has 0 spiro atoms. The van der Waals surface area contributed by atoms with E-state index in [1.165, 1.54) is 6.07 Å². The first kappa shape index (κ1) is 16.4. The summed E-state index contributed by atoms with van der Waals surface area (Å²) in [4.78, 5) is 2.07. The van der Waals surface area contributed by atoms with Gasteiger partial charge in [-0.2, -0.15) is 13.2 Å². The molecule has 1 aliphatic rings. The van der Waals surface area contributed by atoms with Crippen molar-refractivity contribution in [3.8, 4) is 0 Å². The molecule has 0 amide bonds. The minimum atomic E-state index is -4.35. The zero-order valence-corrected chi connectivity index (χ0v) is 12.9. The molecule has 1 aromatic carbocycles. The standard InChI is InChI=1S/C15H20ClF3N2/c1-3-20-13-6-7-21(9-10(13)2)14-5-4-11(8-12(14)16)15(17,18)19/h4-5,8,10,13,20H,3,6-7,9H2,1-2H3. The van der Waals surface area contributed by atoms with Crippen LogP contribution in [0.4, 0.5) is 18.9 Å². The van der Waals surface area contributed by atoms with E-state index >= 15 is 0 Å². The number of hydrogen-bond acceptors (Lipinski definition) is 2. The molecule has 21 heavy (non-hydrogen) atoms. The van der Waals surface area contributed by atoms with Crippen molar-refractivity contribution >= 4 is 17.3 Å². The maximum absolute atomic E-state index is 12.7. The molecule has 6 heteroatoms. The molecule has 1 saturated heterocycles. The predicted octanol–water partition coefficient (Wildman–Crippen LogP) is 4.18. The minimum Gasteiger partial charge on any atom is -0.370 e. The molecule has 0 bridgehead atoms. The average molecular weight is 321 g/mol. The van der Waals surface area contributed by atoms with E-state index < -0.39 is 11.7 Å². The highest BCUT2D eigenvalue weighted by Crippen LogP contribution is 2.36. The molecular weight excluding hydrogens is 301 g/mol. The van der Waals surface area contributed by atoms with Crippen LogP contribution in [-0.2, 0) is 6.18 Å². The van der Waals surface area contributed by atoms with E-state index in [0.717, 1.165) is 38.2 Å². The van der Waals surface area contributed by atoms with Crippen LogP contribution in [0.15, 0.2) is 18.2 Å². The fourth-order valence-electron chi connectivity index (χ4n) is 2.87. The Morgan fingerprint density at radius 3 is 2.62 bits per heavy atom. The summed E-state index contributed by atoms with van der Waals surface area (Å²) in [6.45, 7) is 6.75. The van der Waals surface area contributed by atoms with E-state index in [1.54, 1.807) is 0 Å². The van der Waals surface area contributed by atoms with Crippen LogP contribution in [-0.4, -0.2) is 25.7 Å². The van der Waals surface area contributed by atoms with Crippen molar-refractivity contribution in [2.75, 3.05) is 24.5 Å². The van der Waals surface area contributed by atoms with Gasteiger partial charge in [0, 0.05) is 19.1 Å². The zero-order chi connectivity index (χ0) is 15.6. The van der Waals surface area contributed by atoms with Gasteiger partial charge in [-0.05, 0) is 37.1 Å². The third kappa shape index (κ3) is 3.83. The van der Waals surface area contributed by atoms with Gasteiger partial charge in [-0.15, -0.1) is 0 Å². The highest BCUT2D eigenvalue weighted by molar-refractivity contribution is 6.33. The van der Waals surface area contributed by atoms with Crippen LogP contribution in [0.5, 0.6) is 0 Å². The molecule has 118 valence electrons. The van der Waals surface area contributed by atoms with E-state index in [4.69, 9.17) is 11.6 Å². The Balaban J connectivity index is 2.13. The number of piperidine rings is 1. The third-order valence-electron chi connectivity index (χ3n) is 3.99. The van der Waals surface area contributed by atoms with Crippen LogP contribution < -0.4 is 10.2 Å². The lowest BCUT2D eigenvalue weighted by atomic mass is 9.93. The number of alkyl halides is 3. The topological polar surface area (TPSA) is 15.3 Å². The van der Waals surface area contributed by atoms with Crippen LogP contribution in [0.2, 0.25) is 5.02 Å². The van der Waals surface area contributed by atoms with Crippen LogP contribution in [0, 0.1) is 5.92 Å². The molecule has 2 rings (SSSR count). The zero-order valence-electron chi connectivity index (χ0n) is 12.2. The van der Waals surface area contributed by atoms with E-state index in [-0.39, 0.29) is 5.02 Å². The largest absolute Gasteiger partial charge is 0.416 e. The van der Waals surface area contributed by atoms with Gasteiger partial charge in [-0.1, -0.05) is 25.4 Å². The van der Waals surface area contributed by atoms with Crippen molar-refractivity contribution in [1.82, 2.24) is 5.32 Å². The average Bonchev–Trinajstić information content (AvgIpc) is 2.40. The number of anilines is 1. The molecule has 1 heterocycles. The number of hydrogen-bond donors (Lipinski definition) is 1. The quantitative estimate of drug-likeness (QED) is 0.898. The lowest BCUT2D eigenvalue weighted by Gasteiger charge is -2.39. The molecule has 1 aromatic rings. The van der Waals surface area contributed by atoms with E-state index in [0.29, 0.717) is 17.6 Å². The van der Waals surface area contributed by atoms with Crippen molar-refractivity contribution in [2.45, 2.75) is 32.5 Å². The predicted molar refractivity (Wildman–Crippen MR) is 79.9 cm³/mol. The molecule has 2 unspecified atom stereocenters. The normalized spacial score (nSPS) is 23.4. The molecule has 0 radical (unpaired) electrons. The highest BCUT2D eigenvalue weighted by Gasteiger charge is 2.32. The second-order valence-electron chi connectivity index (χ2n) is 5.54. The number of nitrogens with one attached hydrogen (secondary N) is 1. The van der Waals surface area contributed by atoms with Crippen molar-refractivity contribution in [3.05, 3.63) is 28.8 Å². The second-order valence-corrected chi connectivity index (χ2v) is 5.95. The Kier molecular flexibility index (Phi) is 5.04. The Hall–Kier alpha value is -0.940. The van der Waals surface area contributed by atoms with Crippen LogP contribution in [0.25, 0.3) is 0 Å². The first-order valence-electron chi connectivity index (χ1n) is 7.18. The molecule has 2 nitrogen and oxygen atoms in total. The van der Waals surface area contributed by atoms with E-state index in [2.05, 4.69) is 24.1 Å². The SMILES string of the molecule is CCNC1CCN(c2ccc(C(F)(F)F)cc2Cl)CC1C. The fourth-order valence-corrected chi connectivity index (χ4v) is 3.17. The van der Waals surface area contributed by atoms with Gasteiger partial charge in [-0.25, -0.2) is 0 Å². The Labute approximate surface area is 128 Å². The van der Waals surface area contributed by atoms with Gasteiger partial charge < -0.3 is 10.2 Å². The molecule has 0 aliphatic carbocycles. The minimum absolute atomic E-state index is 0.166. The molecule has 0 saturated carbocycles. The summed E-state index contributed by atoms with van der Waals surface area (Å²) in [6.07, 6.45) is -3.39. The summed E-state index contributed by atoms with van der Waals surface area (Å²) in [5.41, 5.74) is -0.0155. The summed E-state index contributed by atoms with van der Waals surface area (Å²) in [5, 5.41) is 3.61. The summed E-state index contributed by atoms with van der Waals surface area (Å²) in [7, 11) is 0. The second kappa shape index (κ2) is 6.44. The van der Waals surface area contributed by atoms with Crippen LogP contribution >= 0.6 is 11.6 Å². The van der Waals surface area contributed by atoms with Crippen molar-refractivity contribution in [2.24, 2.45) is 5.92 Å². The van der Waals surface area contributed by atoms with Gasteiger partial charge in [0.15, 0.2) is 0 Å². The summed E-state index contributed by atoms with van der Waals surface area (Å²) in [6, 6.07) is 4.05. The molecule has 1 N–H and O–H groups in total. The van der Waals surface area contributed by atoms with Gasteiger partial charge in [-0.3, -0.25) is 0 Å². The number of nitrogens with zero attached hydrogens (tertiary/aromatic N) is 1. The number of halogens is 4. The van der Waals surface area contributed by atoms with Gasteiger partial charge in [0.1, 0.15) is 0 Å². The molecule has 2 atom stereocenters. The number of benzene rings is 1. The summed E-state index contributed by atoms with van der Waals surface area (Å²) < 4.78 is 38.0. The first-order chi connectivity index (χ1) is 9.82. The van der Waals surface area contributed by atoms with Crippen LogP contribution in [0.1, 0.15) is 25.8 Å². The van der Waals surface area contributed by atoms with Crippen molar-refractivity contribution < 1.29 is 13.2 Å². The van der Waals surface area contributed by atoms with Crippen LogP contribution in [0.3, 0.4) is 0 Å². The molecular formula is C15H20ClF3N2. The van der Waals surface area contributed by atoms with Crippen molar-refractivity contribution in [3.63, 3.8) is 0 Å². The maximum atomic E-state index is 12.7. The maximum Gasteiger partial charge on any atom is 0.416 e. The third-order valence-corrected chi connectivity index (χ3v) is 4.29. The van der Waals surface area contributed by atoms with Gasteiger partial charge >= 0.3 is 6.18 Å². The lowest BCUT2D eigenvalue weighted by Crippen LogP contribution is -2.48. The first-order valence-corrected chi connectivity index (χ1v) is 7.55. The smallest absolute Gasteiger partial charge is 0.370 e. The van der Waals surface area contributed by atoms with E-state index in [1.807, 2.05) is 0 Å². The fraction of sp³-hybridized carbons (Fsp3) is 0.600. The van der Waals surface area contributed by atoms with Gasteiger partial charge in [0.25, 0.3) is 0 Å². The Bertz CT molecular complexity index is 490. The van der Waals surface area contributed by atoms with Gasteiger partial charge in [0.05, 0.1) is 16.3 Å². The molecule has 0 aromatic heterocycles. The Morgan fingerprint density at radius 2 is 2.10 bits per heavy atom. The molecule has 1 fully saturated rings. The van der Waals surface area contributed by atoms with E-state index in [9.17, 15) is 13.2 Å². The highest BCUT2D eigenvalue weighted by atomic mass is 35.5. The lowest BCUT2D eigenvalue weighted by molar-refractivity contribution is -0.137. The number of rotatable bonds is 3. The Morgan fingerprint density at radius 1 is 1.38 bits per heavy atom. The van der Waals surface area contributed by atoms with Crippen molar-refractivity contribution in [1.29, 1.82) is 0 Å². The van der Waals surface area contributed by atoms with Gasteiger partial charge in [0.2, 0.25) is 0 Å². The summed E-state index contributed by atoms with van der Waals surface area (Å²) in [5.74, 6) is 0.428. The monoisotopic (exact) mass is 320 g/mol.